The number of rotatable bonds is 4. The van der Waals surface area contributed by atoms with Gasteiger partial charge in [0.2, 0.25) is 5.91 Å². The molecule has 0 spiro atoms. The van der Waals surface area contributed by atoms with E-state index in [0.717, 1.165) is 24.0 Å². The van der Waals surface area contributed by atoms with E-state index in [2.05, 4.69) is 10.6 Å². The highest BCUT2D eigenvalue weighted by Crippen LogP contribution is 2.31. The van der Waals surface area contributed by atoms with Gasteiger partial charge < -0.3 is 15.4 Å². The smallest absolute Gasteiger partial charge is 0.286 e. The van der Waals surface area contributed by atoms with Crippen molar-refractivity contribution in [2.75, 3.05) is 0 Å². The Balaban J connectivity index is 1.35. The highest BCUT2D eigenvalue weighted by atomic mass is 35.5. The molecule has 29 heavy (non-hydrogen) atoms. The van der Waals surface area contributed by atoms with Crippen LogP contribution in [0.3, 0.4) is 0 Å². The predicted molar refractivity (Wildman–Crippen MR) is 112 cm³/mol. The van der Waals surface area contributed by atoms with E-state index in [1.165, 1.54) is 0 Å². The summed E-state index contributed by atoms with van der Waals surface area (Å²) in [5.41, 5.74) is 1.81. The Hall–Kier alpha value is -2.79. The van der Waals surface area contributed by atoms with E-state index in [0.29, 0.717) is 23.7 Å². The van der Waals surface area contributed by atoms with Crippen LogP contribution in [0.5, 0.6) is 0 Å². The summed E-state index contributed by atoms with van der Waals surface area (Å²) in [6.07, 6.45) is 3.68. The van der Waals surface area contributed by atoms with Gasteiger partial charge in [-0.25, -0.2) is 0 Å². The Morgan fingerprint density at radius 2 is 1.90 bits per heavy atom. The first-order chi connectivity index (χ1) is 14.1. The molecule has 2 fully saturated rings. The molecule has 0 radical (unpaired) electrons. The second-order valence-corrected chi connectivity index (χ2v) is 7.88. The van der Waals surface area contributed by atoms with Gasteiger partial charge in [-0.3, -0.25) is 9.59 Å². The normalized spacial score (nSPS) is 24.9. The number of fused-ring (bicyclic) bond motifs is 1. The van der Waals surface area contributed by atoms with Crippen LogP contribution in [-0.2, 0) is 20.9 Å². The average Bonchev–Trinajstić information content (AvgIpc) is 2.74. The standard InChI is InChI=1S/C23H23ClN2O3/c24-18-9-5-4-8-17(18)14-25-22(27)16-10-11-20-19(13-16)26-23(28)21(29-20)12-15-6-2-1-3-7-15/h1-9,12,16,19-20H,10-11,13-14H2,(H,25,27)(H,26,28)/b21-12-. The largest absolute Gasteiger partial charge is 0.483 e. The van der Waals surface area contributed by atoms with Gasteiger partial charge in [0.25, 0.3) is 5.91 Å². The summed E-state index contributed by atoms with van der Waals surface area (Å²) < 4.78 is 5.98. The van der Waals surface area contributed by atoms with E-state index < -0.39 is 0 Å². The van der Waals surface area contributed by atoms with E-state index in [4.69, 9.17) is 16.3 Å². The highest BCUT2D eigenvalue weighted by molar-refractivity contribution is 6.31. The van der Waals surface area contributed by atoms with Crippen LogP contribution in [0.4, 0.5) is 0 Å². The van der Waals surface area contributed by atoms with E-state index in [1.54, 1.807) is 6.08 Å². The minimum Gasteiger partial charge on any atom is -0.483 e. The molecule has 2 aliphatic rings. The number of benzene rings is 2. The molecule has 1 aliphatic carbocycles. The van der Waals surface area contributed by atoms with Gasteiger partial charge in [0.05, 0.1) is 6.04 Å². The first-order valence-corrected chi connectivity index (χ1v) is 10.2. The minimum atomic E-state index is -0.229. The summed E-state index contributed by atoms with van der Waals surface area (Å²) in [6, 6.07) is 16.9. The molecule has 1 saturated heterocycles. The van der Waals surface area contributed by atoms with Crippen LogP contribution in [0, 0.1) is 5.92 Å². The summed E-state index contributed by atoms with van der Waals surface area (Å²) in [6.45, 7) is 0.399. The monoisotopic (exact) mass is 410 g/mol. The Labute approximate surface area is 175 Å². The van der Waals surface area contributed by atoms with Crippen molar-refractivity contribution < 1.29 is 14.3 Å². The van der Waals surface area contributed by atoms with Gasteiger partial charge in [0, 0.05) is 17.5 Å². The van der Waals surface area contributed by atoms with E-state index >= 15 is 0 Å². The van der Waals surface area contributed by atoms with Crippen molar-refractivity contribution in [3.63, 3.8) is 0 Å². The molecule has 150 valence electrons. The van der Waals surface area contributed by atoms with E-state index in [9.17, 15) is 9.59 Å². The molecule has 0 bridgehead atoms. The maximum Gasteiger partial charge on any atom is 0.286 e. The number of hydrogen-bond donors (Lipinski definition) is 2. The predicted octanol–water partition coefficient (Wildman–Crippen LogP) is 3.68. The molecule has 3 unspecified atom stereocenters. The summed E-state index contributed by atoms with van der Waals surface area (Å²) in [7, 11) is 0. The van der Waals surface area contributed by atoms with Crippen molar-refractivity contribution in [3.8, 4) is 0 Å². The third-order valence-electron chi connectivity index (χ3n) is 5.48. The zero-order chi connectivity index (χ0) is 20.2. The minimum absolute atomic E-state index is 0.0109. The molecule has 6 heteroatoms. The van der Waals surface area contributed by atoms with Crippen LogP contribution in [0.25, 0.3) is 6.08 Å². The van der Waals surface area contributed by atoms with Gasteiger partial charge in [-0.15, -0.1) is 0 Å². The maximum atomic E-state index is 12.6. The van der Waals surface area contributed by atoms with Crippen LogP contribution in [0.15, 0.2) is 60.4 Å². The SMILES string of the molecule is O=C1NC2CC(C(=O)NCc3ccccc3Cl)CCC2O/C1=C\c1ccccc1. The van der Waals surface area contributed by atoms with E-state index in [-0.39, 0.29) is 29.9 Å². The maximum absolute atomic E-state index is 12.6. The third kappa shape index (κ3) is 4.62. The Kier molecular flexibility index (Phi) is 5.86. The Morgan fingerprint density at radius 1 is 1.14 bits per heavy atom. The van der Waals surface area contributed by atoms with Crippen LogP contribution in [0.1, 0.15) is 30.4 Å². The molecule has 2 N–H and O–H groups in total. The summed E-state index contributed by atoms with van der Waals surface area (Å²) in [5.74, 6) is -0.0585. The molecule has 1 aliphatic heterocycles. The first-order valence-electron chi connectivity index (χ1n) is 9.85. The van der Waals surface area contributed by atoms with Gasteiger partial charge in [0.15, 0.2) is 5.76 Å². The summed E-state index contributed by atoms with van der Waals surface area (Å²) in [5, 5.41) is 6.63. The first kappa shape index (κ1) is 19.5. The number of ether oxygens (including phenoxy) is 1. The fourth-order valence-electron chi connectivity index (χ4n) is 3.90. The topological polar surface area (TPSA) is 67.4 Å². The molecule has 4 rings (SSSR count). The van der Waals surface area contributed by atoms with Crippen molar-refractivity contribution in [3.05, 3.63) is 76.5 Å². The number of nitrogens with one attached hydrogen (secondary N) is 2. The molecule has 2 aromatic carbocycles. The lowest BCUT2D eigenvalue weighted by molar-refractivity contribution is -0.134. The molecule has 2 amide bonds. The number of halogens is 1. The number of hydrogen-bond acceptors (Lipinski definition) is 3. The average molecular weight is 411 g/mol. The molecule has 5 nitrogen and oxygen atoms in total. The molecule has 1 saturated carbocycles. The third-order valence-corrected chi connectivity index (χ3v) is 5.85. The quantitative estimate of drug-likeness (QED) is 0.755. The van der Waals surface area contributed by atoms with Gasteiger partial charge in [-0.1, -0.05) is 60.1 Å². The van der Waals surface area contributed by atoms with Crippen LogP contribution < -0.4 is 10.6 Å². The number of morpholine rings is 1. The number of carbonyl (C=O) groups is 2. The van der Waals surface area contributed by atoms with Gasteiger partial charge in [-0.2, -0.15) is 0 Å². The van der Waals surface area contributed by atoms with Crippen molar-refractivity contribution in [1.29, 1.82) is 0 Å². The van der Waals surface area contributed by atoms with Gasteiger partial charge in [0.1, 0.15) is 6.10 Å². The van der Waals surface area contributed by atoms with Crippen molar-refractivity contribution in [2.24, 2.45) is 5.92 Å². The number of amides is 2. The van der Waals surface area contributed by atoms with Crippen LogP contribution in [-0.4, -0.2) is 24.0 Å². The Morgan fingerprint density at radius 3 is 2.69 bits per heavy atom. The zero-order valence-electron chi connectivity index (χ0n) is 15.9. The molecular formula is C23H23ClN2O3. The second kappa shape index (κ2) is 8.70. The Bertz CT molecular complexity index is 929. The molecule has 3 atom stereocenters. The van der Waals surface area contributed by atoms with Crippen LogP contribution in [0.2, 0.25) is 5.02 Å². The lowest BCUT2D eigenvalue weighted by atomic mass is 9.82. The molecule has 0 aromatic heterocycles. The van der Waals surface area contributed by atoms with Gasteiger partial charge in [-0.05, 0) is 42.5 Å². The fraction of sp³-hybridized carbons (Fsp3) is 0.304. The lowest BCUT2D eigenvalue weighted by Crippen LogP contribution is -2.54. The van der Waals surface area contributed by atoms with Crippen molar-refractivity contribution in [1.82, 2.24) is 10.6 Å². The molecule has 2 aromatic rings. The number of carbonyl (C=O) groups excluding carboxylic acids is 2. The fourth-order valence-corrected chi connectivity index (χ4v) is 4.10. The molecule has 1 heterocycles. The zero-order valence-corrected chi connectivity index (χ0v) is 16.7. The van der Waals surface area contributed by atoms with E-state index in [1.807, 2.05) is 54.6 Å². The molecular weight excluding hydrogens is 388 g/mol. The van der Waals surface area contributed by atoms with Gasteiger partial charge >= 0.3 is 0 Å². The summed E-state index contributed by atoms with van der Waals surface area (Å²) in [4.78, 5) is 25.1. The second-order valence-electron chi connectivity index (χ2n) is 7.47. The highest BCUT2D eigenvalue weighted by Gasteiger charge is 2.40. The van der Waals surface area contributed by atoms with Crippen molar-refractivity contribution in [2.45, 2.75) is 38.0 Å². The van der Waals surface area contributed by atoms with Crippen molar-refractivity contribution >= 4 is 29.5 Å². The lowest BCUT2D eigenvalue weighted by Gasteiger charge is -2.39. The summed E-state index contributed by atoms with van der Waals surface area (Å²) >= 11 is 6.15. The van der Waals surface area contributed by atoms with Crippen LogP contribution >= 0.6 is 11.6 Å².